The fourth-order valence-electron chi connectivity index (χ4n) is 3.59. The normalized spacial score (nSPS) is 23.5. The summed E-state index contributed by atoms with van der Waals surface area (Å²) in [6.07, 6.45) is 5.24. The molecule has 0 aromatic heterocycles. The first kappa shape index (κ1) is 23.4. The van der Waals surface area contributed by atoms with Crippen LogP contribution >= 0.6 is 36.4 Å². The van der Waals surface area contributed by atoms with Gasteiger partial charge in [0.15, 0.2) is 0 Å². The van der Waals surface area contributed by atoms with E-state index in [0.29, 0.717) is 11.6 Å². The Morgan fingerprint density at radius 1 is 1.27 bits per heavy atom. The maximum absolute atomic E-state index is 13.2. The van der Waals surface area contributed by atoms with Crippen LogP contribution in [0.4, 0.5) is 4.39 Å². The standard InChI is InChI=1S/C18H25ClFN3O.2ClH/c19-16-10-14(20)7-6-13(16)11-23-9-3-4-15(12-23)22-18(24)17-5-1-2-8-21-17;;/h6-7,10,15,17,21H,1-5,8-9,11-12H2,(H,22,24);2*1H/t15?,17-;;/m1../s1. The number of carbonyl (C=O) groups excluding carboxylic acids is 1. The summed E-state index contributed by atoms with van der Waals surface area (Å²) in [6.45, 7) is 3.40. The van der Waals surface area contributed by atoms with Gasteiger partial charge in [-0.05, 0) is 56.5 Å². The van der Waals surface area contributed by atoms with Crippen LogP contribution in [0.5, 0.6) is 0 Å². The zero-order chi connectivity index (χ0) is 16.9. The number of carbonyl (C=O) groups is 1. The van der Waals surface area contributed by atoms with Crippen LogP contribution in [0.15, 0.2) is 18.2 Å². The van der Waals surface area contributed by atoms with Gasteiger partial charge >= 0.3 is 0 Å². The number of rotatable bonds is 4. The topological polar surface area (TPSA) is 44.4 Å². The number of likely N-dealkylation sites (tertiary alicyclic amines) is 1. The molecular weight excluding hydrogens is 400 g/mol. The molecule has 8 heteroatoms. The quantitative estimate of drug-likeness (QED) is 0.774. The van der Waals surface area contributed by atoms with Gasteiger partial charge in [0.05, 0.1) is 6.04 Å². The van der Waals surface area contributed by atoms with Crippen molar-refractivity contribution in [2.45, 2.75) is 50.7 Å². The molecule has 2 fully saturated rings. The van der Waals surface area contributed by atoms with Crippen molar-refractivity contribution in [2.75, 3.05) is 19.6 Å². The van der Waals surface area contributed by atoms with Crippen molar-refractivity contribution in [3.05, 3.63) is 34.6 Å². The van der Waals surface area contributed by atoms with Crippen molar-refractivity contribution in [1.82, 2.24) is 15.5 Å². The van der Waals surface area contributed by atoms with Gasteiger partial charge in [0, 0.05) is 24.2 Å². The molecule has 0 bridgehead atoms. The van der Waals surface area contributed by atoms with Crippen LogP contribution in [-0.4, -0.2) is 42.5 Å². The molecule has 2 heterocycles. The molecule has 2 aliphatic heterocycles. The van der Waals surface area contributed by atoms with Gasteiger partial charge in [-0.2, -0.15) is 0 Å². The Hall–Kier alpha value is -0.590. The predicted octanol–water partition coefficient (Wildman–Crippen LogP) is 3.55. The van der Waals surface area contributed by atoms with Crippen molar-refractivity contribution in [1.29, 1.82) is 0 Å². The molecule has 2 atom stereocenters. The molecule has 3 rings (SSSR count). The third-order valence-corrected chi connectivity index (χ3v) is 5.24. The Balaban J connectivity index is 0.00000169. The van der Waals surface area contributed by atoms with Crippen LogP contribution < -0.4 is 10.6 Å². The minimum Gasteiger partial charge on any atom is -0.351 e. The highest BCUT2D eigenvalue weighted by Crippen LogP contribution is 2.21. The lowest BCUT2D eigenvalue weighted by Gasteiger charge is -2.34. The fourth-order valence-corrected chi connectivity index (χ4v) is 3.81. The summed E-state index contributed by atoms with van der Waals surface area (Å²) < 4.78 is 13.2. The van der Waals surface area contributed by atoms with Crippen LogP contribution in [0.1, 0.15) is 37.7 Å². The molecule has 0 radical (unpaired) electrons. The highest BCUT2D eigenvalue weighted by molar-refractivity contribution is 6.31. The second-order valence-corrected chi connectivity index (χ2v) is 7.23. The van der Waals surface area contributed by atoms with Crippen LogP contribution in [0.3, 0.4) is 0 Å². The van der Waals surface area contributed by atoms with E-state index in [1.165, 1.54) is 12.1 Å². The summed E-state index contributed by atoms with van der Waals surface area (Å²) in [4.78, 5) is 14.6. The summed E-state index contributed by atoms with van der Waals surface area (Å²) in [7, 11) is 0. The molecule has 0 aliphatic carbocycles. The fraction of sp³-hybridized carbons (Fsp3) is 0.611. The minimum absolute atomic E-state index is 0. The molecule has 2 N–H and O–H groups in total. The average Bonchev–Trinajstić information content (AvgIpc) is 2.58. The molecule has 26 heavy (non-hydrogen) atoms. The van der Waals surface area contributed by atoms with Crippen LogP contribution in [0, 0.1) is 5.82 Å². The molecule has 0 spiro atoms. The summed E-state index contributed by atoms with van der Waals surface area (Å²) in [5.74, 6) is -0.186. The lowest BCUT2D eigenvalue weighted by Crippen LogP contribution is -2.53. The van der Waals surface area contributed by atoms with Gasteiger partial charge < -0.3 is 10.6 Å². The summed E-state index contributed by atoms with van der Waals surface area (Å²) in [6, 6.07) is 4.68. The predicted molar refractivity (Wildman–Crippen MR) is 108 cm³/mol. The minimum atomic E-state index is -0.312. The Bertz CT molecular complexity index is 585. The van der Waals surface area contributed by atoms with Gasteiger partial charge in [-0.1, -0.05) is 24.1 Å². The molecule has 4 nitrogen and oxygen atoms in total. The first-order valence-corrected chi connectivity index (χ1v) is 9.19. The molecule has 2 saturated heterocycles. The third-order valence-electron chi connectivity index (χ3n) is 4.89. The number of amides is 1. The number of piperidine rings is 2. The van der Waals surface area contributed by atoms with E-state index in [2.05, 4.69) is 15.5 Å². The molecule has 1 unspecified atom stereocenters. The molecular formula is C18H27Cl3FN3O. The van der Waals surface area contributed by atoms with Gasteiger partial charge in [0.25, 0.3) is 0 Å². The van der Waals surface area contributed by atoms with Crippen molar-refractivity contribution < 1.29 is 9.18 Å². The number of benzene rings is 1. The molecule has 148 valence electrons. The van der Waals surface area contributed by atoms with E-state index in [-0.39, 0.29) is 48.6 Å². The first-order chi connectivity index (χ1) is 11.6. The highest BCUT2D eigenvalue weighted by Gasteiger charge is 2.26. The Kier molecular flexibility index (Phi) is 10.2. The zero-order valence-corrected chi connectivity index (χ0v) is 17.1. The number of halogens is 4. The van der Waals surface area contributed by atoms with Crippen LogP contribution in [0.25, 0.3) is 0 Å². The van der Waals surface area contributed by atoms with E-state index in [9.17, 15) is 9.18 Å². The van der Waals surface area contributed by atoms with Gasteiger partial charge in [0.1, 0.15) is 5.82 Å². The molecule has 2 aliphatic rings. The summed E-state index contributed by atoms with van der Waals surface area (Å²) >= 11 is 6.13. The van der Waals surface area contributed by atoms with E-state index < -0.39 is 0 Å². The monoisotopic (exact) mass is 425 g/mol. The van der Waals surface area contributed by atoms with Crippen molar-refractivity contribution in [2.24, 2.45) is 0 Å². The van der Waals surface area contributed by atoms with E-state index in [4.69, 9.17) is 11.6 Å². The summed E-state index contributed by atoms with van der Waals surface area (Å²) in [5, 5.41) is 6.95. The van der Waals surface area contributed by atoms with E-state index in [1.807, 2.05) is 0 Å². The Morgan fingerprint density at radius 2 is 2.08 bits per heavy atom. The lowest BCUT2D eigenvalue weighted by atomic mass is 10.0. The molecule has 1 amide bonds. The van der Waals surface area contributed by atoms with Crippen molar-refractivity contribution in [3.63, 3.8) is 0 Å². The maximum Gasteiger partial charge on any atom is 0.237 e. The largest absolute Gasteiger partial charge is 0.351 e. The van der Waals surface area contributed by atoms with Crippen LogP contribution in [0.2, 0.25) is 5.02 Å². The third kappa shape index (κ3) is 6.54. The lowest BCUT2D eigenvalue weighted by molar-refractivity contribution is -0.124. The molecule has 1 aromatic rings. The van der Waals surface area contributed by atoms with Gasteiger partial charge in [0.2, 0.25) is 5.91 Å². The van der Waals surface area contributed by atoms with Gasteiger partial charge in [-0.15, -0.1) is 24.8 Å². The number of nitrogens with one attached hydrogen (secondary N) is 2. The van der Waals surface area contributed by atoms with E-state index in [0.717, 1.165) is 57.3 Å². The molecule has 1 aromatic carbocycles. The number of hydrogen-bond acceptors (Lipinski definition) is 3. The first-order valence-electron chi connectivity index (χ1n) is 8.82. The average molecular weight is 427 g/mol. The van der Waals surface area contributed by atoms with E-state index >= 15 is 0 Å². The van der Waals surface area contributed by atoms with Crippen molar-refractivity contribution >= 4 is 42.3 Å². The summed E-state index contributed by atoms with van der Waals surface area (Å²) in [5.41, 5.74) is 0.930. The van der Waals surface area contributed by atoms with E-state index in [1.54, 1.807) is 6.07 Å². The van der Waals surface area contributed by atoms with Gasteiger partial charge in [-0.3, -0.25) is 9.69 Å². The smallest absolute Gasteiger partial charge is 0.237 e. The zero-order valence-electron chi connectivity index (χ0n) is 14.7. The Labute approximate surface area is 172 Å². The number of hydrogen-bond donors (Lipinski definition) is 2. The molecule has 0 saturated carbocycles. The van der Waals surface area contributed by atoms with Crippen molar-refractivity contribution in [3.8, 4) is 0 Å². The second kappa shape index (κ2) is 11.3. The van der Waals surface area contributed by atoms with Gasteiger partial charge in [-0.25, -0.2) is 4.39 Å². The van der Waals surface area contributed by atoms with Crippen LogP contribution in [-0.2, 0) is 11.3 Å². The number of nitrogens with zero attached hydrogens (tertiary/aromatic N) is 1. The second-order valence-electron chi connectivity index (χ2n) is 6.82. The Morgan fingerprint density at radius 3 is 2.77 bits per heavy atom. The highest BCUT2D eigenvalue weighted by atomic mass is 35.5. The SMILES string of the molecule is Cl.Cl.O=C(NC1CCCN(Cc2ccc(F)cc2Cl)C1)[C@H]1CCCCN1. The maximum atomic E-state index is 13.2.